The first-order valence-corrected chi connectivity index (χ1v) is 14.6. The van der Waals surface area contributed by atoms with Gasteiger partial charge in [0.15, 0.2) is 0 Å². The SMILES string of the molecule is CC(C)(C)OC(=O)N1CCN(Cc2ccnc(Nc3nc4ccc(-c5cc(C6CCOCC6)ncn5)cc4[nH]3)c2)CC1. The van der Waals surface area contributed by atoms with Gasteiger partial charge in [-0.2, -0.15) is 0 Å². The number of nitrogens with zero attached hydrogens (tertiary/aromatic N) is 6. The maximum absolute atomic E-state index is 12.4. The Balaban J connectivity index is 1.09. The maximum atomic E-state index is 12.4. The smallest absolute Gasteiger partial charge is 0.410 e. The number of rotatable bonds is 6. The highest BCUT2D eigenvalue weighted by Gasteiger charge is 2.26. The number of hydrogen-bond acceptors (Lipinski definition) is 9. The van der Waals surface area contributed by atoms with E-state index in [9.17, 15) is 4.79 Å². The van der Waals surface area contributed by atoms with Crippen LogP contribution in [-0.4, -0.2) is 85.8 Å². The summed E-state index contributed by atoms with van der Waals surface area (Å²) in [6.45, 7) is 10.9. The van der Waals surface area contributed by atoms with Crippen molar-refractivity contribution in [2.24, 2.45) is 0 Å². The normalized spacial score (nSPS) is 17.0. The molecule has 0 aliphatic carbocycles. The van der Waals surface area contributed by atoms with Crippen molar-refractivity contribution in [3.63, 3.8) is 0 Å². The predicted octanol–water partition coefficient (Wildman–Crippen LogP) is 5.11. The van der Waals surface area contributed by atoms with Gasteiger partial charge >= 0.3 is 6.09 Å². The maximum Gasteiger partial charge on any atom is 0.410 e. The number of benzene rings is 1. The molecule has 2 aliphatic heterocycles. The van der Waals surface area contributed by atoms with Crippen LogP contribution in [0.2, 0.25) is 0 Å². The standard InChI is InChI=1S/C31H38N8O3/c1-31(2,3)42-30(40)39-12-10-38(11-13-39)19-21-6-9-32-28(16-21)37-29-35-24-5-4-23(17-27(24)36-29)26-18-25(33-20-34-26)22-7-14-41-15-8-22/h4-6,9,16-18,20,22H,7-8,10-15,19H2,1-3H3,(H2,32,35,36,37). The molecule has 1 aromatic carbocycles. The van der Waals surface area contributed by atoms with Crippen LogP contribution >= 0.6 is 0 Å². The third kappa shape index (κ3) is 6.85. The largest absolute Gasteiger partial charge is 0.444 e. The van der Waals surface area contributed by atoms with Crippen molar-refractivity contribution in [1.29, 1.82) is 0 Å². The molecule has 3 aromatic heterocycles. The molecule has 6 rings (SSSR count). The molecule has 0 bridgehead atoms. The van der Waals surface area contributed by atoms with Crippen LogP contribution in [0.5, 0.6) is 0 Å². The lowest BCUT2D eigenvalue weighted by molar-refractivity contribution is 0.0139. The summed E-state index contributed by atoms with van der Waals surface area (Å²) in [4.78, 5) is 38.2. The molecule has 11 heteroatoms. The molecule has 0 saturated carbocycles. The number of nitrogens with one attached hydrogen (secondary N) is 2. The number of fused-ring (bicyclic) bond motifs is 1. The highest BCUT2D eigenvalue weighted by atomic mass is 16.6. The first kappa shape index (κ1) is 28.0. The van der Waals surface area contributed by atoms with Gasteiger partial charge in [-0.05, 0) is 69.5 Å². The van der Waals surface area contributed by atoms with E-state index in [1.807, 2.05) is 45.0 Å². The summed E-state index contributed by atoms with van der Waals surface area (Å²) in [5.74, 6) is 1.76. The number of imidazole rings is 1. The monoisotopic (exact) mass is 570 g/mol. The number of carbonyl (C=O) groups is 1. The lowest BCUT2D eigenvalue weighted by Crippen LogP contribution is -2.49. The Morgan fingerprint density at radius 2 is 1.86 bits per heavy atom. The van der Waals surface area contributed by atoms with Crippen molar-refractivity contribution in [3.8, 4) is 11.3 Å². The van der Waals surface area contributed by atoms with Gasteiger partial charge in [-0.15, -0.1) is 0 Å². The molecule has 4 aromatic rings. The highest BCUT2D eigenvalue weighted by molar-refractivity contribution is 5.83. The number of hydrogen-bond donors (Lipinski definition) is 2. The molecule has 0 atom stereocenters. The summed E-state index contributed by atoms with van der Waals surface area (Å²) >= 11 is 0. The minimum atomic E-state index is -0.484. The van der Waals surface area contributed by atoms with E-state index in [2.05, 4.69) is 42.3 Å². The van der Waals surface area contributed by atoms with Crippen LogP contribution in [0, 0.1) is 0 Å². The Kier molecular flexibility index (Phi) is 8.03. The van der Waals surface area contributed by atoms with Gasteiger partial charge in [0.1, 0.15) is 17.7 Å². The van der Waals surface area contributed by atoms with Crippen molar-refractivity contribution in [2.45, 2.75) is 51.7 Å². The zero-order valence-corrected chi connectivity index (χ0v) is 24.5. The Hall–Kier alpha value is -4.09. The second-order valence-corrected chi connectivity index (χ2v) is 11.9. The number of aromatic amines is 1. The van der Waals surface area contributed by atoms with Crippen molar-refractivity contribution in [2.75, 3.05) is 44.7 Å². The van der Waals surface area contributed by atoms with Crippen LogP contribution in [0.15, 0.2) is 48.9 Å². The lowest BCUT2D eigenvalue weighted by Gasteiger charge is -2.35. The molecule has 0 unspecified atom stereocenters. The first-order valence-electron chi connectivity index (χ1n) is 14.6. The van der Waals surface area contributed by atoms with E-state index in [-0.39, 0.29) is 6.09 Å². The molecular weight excluding hydrogens is 532 g/mol. The Labute approximate surface area is 245 Å². The molecule has 11 nitrogen and oxygen atoms in total. The van der Waals surface area contributed by atoms with Crippen LogP contribution in [0.3, 0.4) is 0 Å². The number of H-pyrrole nitrogens is 1. The third-order valence-electron chi connectivity index (χ3n) is 7.61. The van der Waals surface area contributed by atoms with Crippen molar-refractivity contribution in [1.82, 2.24) is 34.7 Å². The molecule has 5 heterocycles. The van der Waals surface area contributed by atoms with Crippen LogP contribution in [0.1, 0.15) is 50.8 Å². The number of amides is 1. The molecule has 2 saturated heterocycles. The fourth-order valence-corrected chi connectivity index (χ4v) is 5.41. The van der Waals surface area contributed by atoms with Gasteiger partial charge in [-0.25, -0.2) is 24.7 Å². The van der Waals surface area contributed by atoms with Crippen LogP contribution in [0.4, 0.5) is 16.6 Å². The van der Waals surface area contributed by atoms with E-state index in [0.29, 0.717) is 25.0 Å². The van der Waals surface area contributed by atoms with Gasteiger partial charge in [0.25, 0.3) is 0 Å². The average Bonchev–Trinajstić information content (AvgIpc) is 3.39. The van der Waals surface area contributed by atoms with E-state index in [1.54, 1.807) is 17.4 Å². The van der Waals surface area contributed by atoms with Crippen LogP contribution in [-0.2, 0) is 16.0 Å². The zero-order chi connectivity index (χ0) is 29.1. The lowest BCUT2D eigenvalue weighted by atomic mass is 9.95. The molecule has 0 radical (unpaired) electrons. The summed E-state index contributed by atoms with van der Waals surface area (Å²) in [6, 6.07) is 12.3. The van der Waals surface area contributed by atoms with E-state index in [1.165, 1.54) is 0 Å². The summed E-state index contributed by atoms with van der Waals surface area (Å²) in [7, 11) is 0. The van der Waals surface area contributed by atoms with E-state index >= 15 is 0 Å². The summed E-state index contributed by atoms with van der Waals surface area (Å²) in [6.07, 6.45) is 5.20. The van der Waals surface area contributed by atoms with Gasteiger partial charge in [0.05, 0.1) is 16.7 Å². The number of ether oxygens (including phenoxy) is 2. The second kappa shape index (κ2) is 12.0. The summed E-state index contributed by atoms with van der Waals surface area (Å²) in [5.41, 5.74) is 5.42. The fourth-order valence-electron chi connectivity index (χ4n) is 5.41. The average molecular weight is 571 g/mol. The highest BCUT2D eigenvalue weighted by Crippen LogP contribution is 2.29. The topological polar surface area (TPSA) is 121 Å². The Morgan fingerprint density at radius 3 is 2.64 bits per heavy atom. The fraction of sp³-hybridized carbons (Fsp3) is 0.452. The Morgan fingerprint density at radius 1 is 1.05 bits per heavy atom. The molecule has 1 amide bonds. The third-order valence-corrected chi connectivity index (χ3v) is 7.61. The Bertz CT molecular complexity index is 1530. The number of anilines is 2. The summed E-state index contributed by atoms with van der Waals surface area (Å²) in [5, 5.41) is 3.32. The van der Waals surface area contributed by atoms with Crippen molar-refractivity contribution < 1.29 is 14.3 Å². The van der Waals surface area contributed by atoms with E-state index < -0.39 is 5.60 Å². The van der Waals surface area contributed by atoms with Crippen molar-refractivity contribution in [3.05, 3.63) is 60.2 Å². The molecule has 2 N–H and O–H groups in total. The first-order chi connectivity index (χ1) is 20.3. The quantitative estimate of drug-likeness (QED) is 0.326. The molecule has 220 valence electrons. The zero-order valence-electron chi connectivity index (χ0n) is 24.5. The van der Waals surface area contributed by atoms with Gasteiger partial charge in [-0.1, -0.05) is 6.07 Å². The minimum Gasteiger partial charge on any atom is -0.444 e. The molecule has 42 heavy (non-hydrogen) atoms. The van der Waals surface area contributed by atoms with Crippen LogP contribution < -0.4 is 5.32 Å². The van der Waals surface area contributed by atoms with Gasteiger partial charge < -0.3 is 24.7 Å². The van der Waals surface area contributed by atoms with E-state index in [0.717, 1.165) is 85.1 Å². The van der Waals surface area contributed by atoms with Crippen LogP contribution in [0.25, 0.3) is 22.3 Å². The predicted molar refractivity (Wildman–Crippen MR) is 161 cm³/mol. The molecule has 0 spiro atoms. The molecular formula is C31H38N8O3. The number of piperazine rings is 1. The molecule has 2 aliphatic rings. The molecule has 2 fully saturated rings. The minimum absolute atomic E-state index is 0.243. The van der Waals surface area contributed by atoms with Gasteiger partial charge in [-0.3, -0.25) is 4.90 Å². The number of carbonyl (C=O) groups excluding carboxylic acids is 1. The summed E-state index contributed by atoms with van der Waals surface area (Å²) < 4.78 is 11.0. The second-order valence-electron chi connectivity index (χ2n) is 11.9. The van der Waals surface area contributed by atoms with Crippen molar-refractivity contribution >= 4 is 28.9 Å². The van der Waals surface area contributed by atoms with E-state index in [4.69, 9.17) is 14.5 Å². The van der Waals surface area contributed by atoms with Gasteiger partial charge in [0, 0.05) is 69.3 Å². The number of pyridine rings is 1. The van der Waals surface area contributed by atoms with Gasteiger partial charge in [0.2, 0.25) is 5.95 Å². The number of aromatic nitrogens is 5.